The summed E-state index contributed by atoms with van der Waals surface area (Å²) in [6, 6.07) is 18.3. The number of nitrogens with one attached hydrogen (secondary N) is 2. The summed E-state index contributed by atoms with van der Waals surface area (Å²) < 4.78 is 58.6. The van der Waals surface area contributed by atoms with E-state index in [1.165, 1.54) is 48.8 Å². The number of amides is 1. The molecule has 0 saturated heterocycles. The van der Waals surface area contributed by atoms with Crippen molar-refractivity contribution in [2.45, 2.75) is 13.2 Å². The molecule has 2 N–H and O–H groups in total. The second-order valence-electron chi connectivity index (χ2n) is 6.48. The van der Waals surface area contributed by atoms with Crippen molar-refractivity contribution in [1.82, 2.24) is 5.43 Å². The average Bonchev–Trinajstić information content (AvgIpc) is 2.81. The van der Waals surface area contributed by atoms with Crippen molar-refractivity contribution in [2.75, 3.05) is 5.43 Å². The van der Waals surface area contributed by atoms with Crippen LogP contribution in [0.3, 0.4) is 0 Å². The van der Waals surface area contributed by atoms with E-state index in [4.69, 9.17) is 0 Å². The van der Waals surface area contributed by atoms with Crippen LogP contribution in [0.4, 0.5) is 23.2 Å². The molecule has 0 heterocycles. The molecule has 0 radical (unpaired) electrons. The van der Waals surface area contributed by atoms with Crippen molar-refractivity contribution in [2.24, 2.45) is 10.2 Å². The van der Waals surface area contributed by atoms with Crippen LogP contribution in [0.25, 0.3) is 0 Å². The molecule has 7 nitrogen and oxygen atoms in total. The molecule has 0 unspecified atom stereocenters. The summed E-state index contributed by atoms with van der Waals surface area (Å²) in [4.78, 5) is 12.2. The Bertz CT molecular complexity index is 1150. The van der Waals surface area contributed by atoms with E-state index in [0.717, 1.165) is 0 Å². The molecule has 1 amide bonds. The van der Waals surface area contributed by atoms with Crippen LogP contribution in [-0.2, 0) is 0 Å². The van der Waals surface area contributed by atoms with Gasteiger partial charge in [-0.25, -0.2) is 5.43 Å². The Labute approximate surface area is 191 Å². The first-order chi connectivity index (χ1) is 16.4. The van der Waals surface area contributed by atoms with E-state index in [2.05, 4.69) is 30.5 Å². The van der Waals surface area contributed by atoms with Crippen LogP contribution in [0.15, 0.2) is 83.0 Å². The lowest BCUT2D eigenvalue weighted by Crippen LogP contribution is -2.17. The number of carbonyl (C=O) groups excluding carboxylic acids is 1. The number of benzene rings is 3. The Balaban J connectivity index is 1.56. The van der Waals surface area contributed by atoms with E-state index < -0.39 is 19.1 Å². The highest BCUT2D eigenvalue weighted by Gasteiger charge is 2.09. The molecule has 0 spiro atoms. The fourth-order valence-electron chi connectivity index (χ4n) is 2.68. The molecular formula is C23H18F4N4O3. The first-order valence-corrected chi connectivity index (χ1v) is 9.72. The SMILES string of the molecule is O=C(N/N=C/c1ccccc1OC(F)F)c1ccc(N/N=C/c2ccccc2OC(F)F)cc1. The van der Waals surface area contributed by atoms with Crippen molar-refractivity contribution in [3.8, 4) is 11.5 Å². The van der Waals surface area contributed by atoms with E-state index in [0.29, 0.717) is 11.3 Å². The Morgan fingerprint density at radius 3 is 1.76 bits per heavy atom. The van der Waals surface area contributed by atoms with Gasteiger partial charge in [0.15, 0.2) is 0 Å². The van der Waals surface area contributed by atoms with Crippen molar-refractivity contribution < 1.29 is 31.8 Å². The second kappa shape index (κ2) is 12.0. The minimum absolute atomic E-state index is 0.0148. The number of hydrogen-bond donors (Lipinski definition) is 2. The summed E-state index contributed by atoms with van der Waals surface area (Å²) in [6.07, 6.45) is 2.51. The maximum absolute atomic E-state index is 12.5. The van der Waals surface area contributed by atoms with Crippen LogP contribution in [0, 0.1) is 0 Å². The largest absolute Gasteiger partial charge is 0.434 e. The summed E-state index contributed by atoms with van der Waals surface area (Å²) >= 11 is 0. The first kappa shape index (κ1) is 24.2. The summed E-state index contributed by atoms with van der Waals surface area (Å²) in [5.41, 5.74) is 6.44. The van der Waals surface area contributed by atoms with E-state index in [9.17, 15) is 22.4 Å². The number of hydrogen-bond acceptors (Lipinski definition) is 6. The van der Waals surface area contributed by atoms with Crippen LogP contribution in [0.5, 0.6) is 11.5 Å². The normalized spacial score (nSPS) is 11.4. The van der Waals surface area contributed by atoms with E-state index >= 15 is 0 Å². The quantitative estimate of drug-likeness (QED) is 0.243. The smallest absolute Gasteiger partial charge is 0.387 e. The highest BCUT2D eigenvalue weighted by Crippen LogP contribution is 2.19. The number of para-hydroxylation sites is 2. The average molecular weight is 474 g/mol. The van der Waals surface area contributed by atoms with Crippen LogP contribution in [0.2, 0.25) is 0 Å². The fraction of sp³-hybridized carbons (Fsp3) is 0.0870. The summed E-state index contributed by atoms with van der Waals surface area (Å²) in [5.74, 6) is -0.620. The van der Waals surface area contributed by atoms with Crippen LogP contribution in [-0.4, -0.2) is 31.6 Å². The Kier molecular flexibility index (Phi) is 8.55. The van der Waals surface area contributed by atoms with Crippen molar-refractivity contribution in [3.05, 3.63) is 89.5 Å². The zero-order valence-electron chi connectivity index (χ0n) is 17.4. The third-order valence-corrected chi connectivity index (χ3v) is 4.18. The number of hydrazone groups is 2. The van der Waals surface area contributed by atoms with Crippen molar-refractivity contribution in [1.29, 1.82) is 0 Å². The molecule has 0 atom stereocenters. The van der Waals surface area contributed by atoms with Crippen molar-refractivity contribution in [3.63, 3.8) is 0 Å². The van der Waals surface area contributed by atoms with Gasteiger partial charge in [-0.05, 0) is 48.5 Å². The molecule has 176 valence electrons. The first-order valence-electron chi connectivity index (χ1n) is 9.72. The fourth-order valence-corrected chi connectivity index (χ4v) is 2.68. The Hall–Kier alpha value is -4.41. The molecule has 0 aliphatic carbocycles. The molecule has 0 aromatic heterocycles. The zero-order chi connectivity index (χ0) is 24.3. The minimum Gasteiger partial charge on any atom is -0.434 e. The maximum atomic E-state index is 12.5. The highest BCUT2D eigenvalue weighted by molar-refractivity contribution is 5.95. The second-order valence-corrected chi connectivity index (χ2v) is 6.48. The molecule has 0 aliphatic rings. The molecule has 0 aliphatic heterocycles. The summed E-state index contributed by atoms with van der Waals surface area (Å²) in [5, 5.41) is 7.74. The lowest BCUT2D eigenvalue weighted by molar-refractivity contribution is -0.0506. The van der Waals surface area contributed by atoms with Crippen LogP contribution >= 0.6 is 0 Å². The highest BCUT2D eigenvalue weighted by atomic mass is 19.3. The molecule has 11 heteroatoms. The third kappa shape index (κ3) is 7.33. The standard InChI is InChI=1S/C23H18F4N4O3/c24-22(25)33-19-7-3-1-5-16(19)13-28-30-18-11-9-15(10-12-18)21(32)31-29-14-17-6-2-4-8-20(17)34-23(26)27/h1-14,22-23,30H,(H,31,32)/b28-13+,29-14+. The van der Waals surface area contributed by atoms with E-state index in [-0.39, 0.29) is 22.6 Å². The third-order valence-electron chi connectivity index (χ3n) is 4.18. The van der Waals surface area contributed by atoms with Gasteiger partial charge in [-0.3, -0.25) is 10.2 Å². The van der Waals surface area contributed by atoms with Gasteiger partial charge in [0.25, 0.3) is 5.91 Å². The van der Waals surface area contributed by atoms with Gasteiger partial charge in [-0.1, -0.05) is 24.3 Å². The Morgan fingerprint density at radius 1 is 0.735 bits per heavy atom. The number of nitrogens with zero attached hydrogens (tertiary/aromatic N) is 2. The van der Waals surface area contributed by atoms with Gasteiger partial charge in [0.1, 0.15) is 11.5 Å². The molecule has 34 heavy (non-hydrogen) atoms. The van der Waals surface area contributed by atoms with Gasteiger partial charge in [0, 0.05) is 16.7 Å². The minimum atomic E-state index is -2.98. The maximum Gasteiger partial charge on any atom is 0.387 e. The van der Waals surface area contributed by atoms with Gasteiger partial charge in [0.05, 0.1) is 18.1 Å². The summed E-state index contributed by atoms with van der Waals surface area (Å²) in [6.45, 7) is -5.94. The lowest BCUT2D eigenvalue weighted by Gasteiger charge is -2.07. The molecule has 0 saturated carbocycles. The lowest BCUT2D eigenvalue weighted by atomic mass is 10.2. The van der Waals surface area contributed by atoms with Gasteiger partial charge in [-0.15, -0.1) is 0 Å². The molecular weight excluding hydrogens is 456 g/mol. The zero-order valence-corrected chi connectivity index (χ0v) is 17.4. The topological polar surface area (TPSA) is 84.3 Å². The predicted molar refractivity (Wildman–Crippen MR) is 119 cm³/mol. The molecule has 0 fully saturated rings. The molecule has 0 bridgehead atoms. The Morgan fingerprint density at radius 2 is 1.24 bits per heavy atom. The summed E-state index contributed by atoms with van der Waals surface area (Å²) in [7, 11) is 0. The number of halogens is 4. The van der Waals surface area contributed by atoms with E-state index in [1.807, 2.05) is 0 Å². The molecule has 3 aromatic rings. The monoisotopic (exact) mass is 474 g/mol. The molecule has 3 rings (SSSR count). The van der Waals surface area contributed by atoms with Gasteiger partial charge < -0.3 is 9.47 Å². The van der Waals surface area contributed by atoms with Crippen LogP contribution in [0.1, 0.15) is 21.5 Å². The molecule has 3 aromatic carbocycles. The van der Waals surface area contributed by atoms with Gasteiger partial charge in [-0.2, -0.15) is 27.8 Å². The number of rotatable bonds is 10. The number of carbonyl (C=O) groups is 1. The number of ether oxygens (including phenoxy) is 2. The number of alkyl halides is 4. The van der Waals surface area contributed by atoms with Gasteiger partial charge in [0.2, 0.25) is 0 Å². The van der Waals surface area contributed by atoms with Gasteiger partial charge >= 0.3 is 13.2 Å². The number of anilines is 1. The van der Waals surface area contributed by atoms with Crippen LogP contribution < -0.4 is 20.3 Å². The predicted octanol–water partition coefficient (Wildman–Crippen LogP) is 5.10. The van der Waals surface area contributed by atoms with E-state index in [1.54, 1.807) is 36.4 Å². The van der Waals surface area contributed by atoms with Crippen molar-refractivity contribution >= 4 is 24.0 Å².